The number of hydrogen-bond donors (Lipinski definition) is 0. The smallest absolute Gasteiger partial charge is 0.191 e. The summed E-state index contributed by atoms with van der Waals surface area (Å²) in [4.78, 5) is 12.8. The molecule has 0 unspecified atom stereocenters. The van der Waals surface area contributed by atoms with Crippen LogP contribution in [0.15, 0.2) is 41.6 Å². The van der Waals surface area contributed by atoms with Gasteiger partial charge in [-0.2, -0.15) is 0 Å². The maximum atomic E-state index is 12.8. The molecule has 0 aliphatic carbocycles. The molecule has 3 rings (SSSR count). The minimum Gasteiger partial charge on any atom is -0.497 e. The second kappa shape index (κ2) is 8.61. The molecule has 5 nitrogen and oxygen atoms in total. The molecule has 0 aliphatic rings. The molecule has 1 aromatic heterocycles. The van der Waals surface area contributed by atoms with Crippen molar-refractivity contribution >= 4 is 17.5 Å². The summed E-state index contributed by atoms with van der Waals surface area (Å²) in [6.07, 6.45) is 0. The normalized spacial score (nSPS) is 10.9. The van der Waals surface area contributed by atoms with Gasteiger partial charge in [0, 0.05) is 17.7 Å². The van der Waals surface area contributed by atoms with Crippen LogP contribution in [0.1, 0.15) is 34.0 Å². The third kappa shape index (κ3) is 4.12. The SMILES string of the molecule is CCn1c(SCC(=O)c2cc(C)c(C)cc2C)nnc1-c1ccc(OC)cc1. The highest BCUT2D eigenvalue weighted by molar-refractivity contribution is 7.99. The predicted molar refractivity (Wildman–Crippen MR) is 113 cm³/mol. The Morgan fingerprint density at radius 2 is 1.71 bits per heavy atom. The lowest BCUT2D eigenvalue weighted by molar-refractivity contribution is 0.102. The van der Waals surface area contributed by atoms with Crippen molar-refractivity contribution in [1.29, 1.82) is 0 Å². The van der Waals surface area contributed by atoms with Crippen LogP contribution in [0.3, 0.4) is 0 Å². The van der Waals surface area contributed by atoms with E-state index in [2.05, 4.69) is 30.1 Å². The van der Waals surface area contributed by atoms with Crippen molar-refractivity contribution in [1.82, 2.24) is 14.8 Å². The van der Waals surface area contributed by atoms with Gasteiger partial charge in [-0.25, -0.2) is 0 Å². The van der Waals surface area contributed by atoms with Crippen molar-refractivity contribution in [2.45, 2.75) is 39.4 Å². The first-order chi connectivity index (χ1) is 13.4. The van der Waals surface area contributed by atoms with Gasteiger partial charge in [0.25, 0.3) is 0 Å². The molecule has 0 fully saturated rings. The van der Waals surface area contributed by atoms with Gasteiger partial charge in [0.05, 0.1) is 12.9 Å². The zero-order valence-electron chi connectivity index (χ0n) is 16.9. The number of aryl methyl sites for hydroxylation is 3. The van der Waals surface area contributed by atoms with Gasteiger partial charge in [-0.1, -0.05) is 17.8 Å². The maximum Gasteiger partial charge on any atom is 0.191 e. The number of ketones is 1. The summed E-state index contributed by atoms with van der Waals surface area (Å²) in [6.45, 7) is 8.87. The van der Waals surface area contributed by atoms with E-state index in [4.69, 9.17) is 4.74 Å². The van der Waals surface area contributed by atoms with E-state index in [0.29, 0.717) is 5.75 Å². The number of nitrogens with zero attached hydrogens (tertiary/aromatic N) is 3. The number of carbonyl (C=O) groups is 1. The highest BCUT2D eigenvalue weighted by Gasteiger charge is 2.16. The van der Waals surface area contributed by atoms with Crippen molar-refractivity contribution in [2.24, 2.45) is 0 Å². The molecule has 28 heavy (non-hydrogen) atoms. The molecule has 2 aromatic carbocycles. The van der Waals surface area contributed by atoms with E-state index in [9.17, 15) is 4.79 Å². The number of benzene rings is 2. The van der Waals surface area contributed by atoms with Crippen LogP contribution >= 0.6 is 11.8 Å². The van der Waals surface area contributed by atoms with E-state index in [1.807, 2.05) is 48.7 Å². The number of ether oxygens (including phenoxy) is 1. The lowest BCUT2D eigenvalue weighted by Gasteiger charge is -2.10. The Morgan fingerprint density at radius 3 is 2.36 bits per heavy atom. The van der Waals surface area contributed by atoms with Crippen molar-refractivity contribution in [3.63, 3.8) is 0 Å². The van der Waals surface area contributed by atoms with Crippen molar-refractivity contribution < 1.29 is 9.53 Å². The number of Topliss-reactive ketones (excluding diaryl/α,β-unsaturated/α-hetero) is 1. The molecule has 6 heteroatoms. The van der Waals surface area contributed by atoms with Crippen molar-refractivity contribution in [2.75, 3.05) is 12.9 Å². The molecule has 0 saturated carbocycles. The third-order valence-corrected chi connectivity index (χ3v) is 5.82. The summed E-state index contributed by atoms with van der Waals surface area (Å²) >= 11 is 1.43. The fourth-order valence-corrected chi connectivity index (χ4v) is 3.99. The number of methoxy groups -OCH3 is 1. The van der Waals surface area contributed by atoms with Gasteiger partial charge in [0.2, 0.25) is 0 Å². The summed E-state index contributed by atoms with van der Waals surface area (Å²) in [7, 11) is 1.65. The summed E-state index contributed by atoms with van der Waals surface area (Å²) < 4.78 is 7.25. The summed E-state index contributed by atoms with van der Waals surface area (Å²) in [5, 5.41) is 9.42. The van der Waals surface area contributed by atoms with Crippen LogP contribution in [0, 0.1) is 20.8 Å². The second-order valence-electron chi connectivity index (χ2n) is 6.74. The fourth-order valence-electron chi connectivity index (χ4n) is 3.10. The van der Waals surface area contributed by atoms with Gasteiger partial charge >= 0.3 is 0 Å². The molecule has 0 N–H and O–H groups in total. The minimum atomic E-state index is 0.113. The van der Waals surface area contributed by atoms with Gasteiger partial charge in [0.1, 0.15) is 5.75 Å². The molecule has 3 aromatic rings. The van der Waals surface area contributed by atoms with Gasteiger partial charge in [0.15, 0.2) is 16.8 Å². The van der Waals surface area contributed by atoms with Crippen LogP contribution in [-0.2, 0) is 6.54 Å². The summed E-state index contributed by atoms with van der Waals surface area (Å²) in [6, 6.07) is 11.8. The van der Waals surface area contributed by atoms with E-state index < -0.39 is 0 Å². The molecule has 1 heterocycles. The minimum absolute atomic E-state index is 0.113. The quantitative estimate of drug-likeness (QED) is 0.422. The molecule has 0 atom stereocenters. The first kappa shape index (κ1) is 20.1. The van der Waals surface area contributed by atoms with Crippen molar-refractivity contribution in [3.05, 3.63) is 58.7 Å². The van der Waals surface area contributed by atoms with Crippen LogP contribution < -0.4 is 4.74 Å². The third-order valence-electron chi connectivity index (χ3n) is 4.85. The van der Waals surface area contributed by atoms with E-state index in [1.165, 1.54) is 17.3 Å². The first-order valence-corrected chi connectivity index (χ1v) is 10.2. The lowest BCUT2D eigenvalue weighted by atomic mass is 9.99. The van der Waals surface area contributed by atoms with Crippen LogP contribution in [0.5, 0.6) is 5.75 Å². The van der Waals surface area contributed by atoms with Crippen LogP contribution in [0.4, 0.5) is 0 Å². The summed E-state index contributed by atoms with van der Waals surface area (Å²) in [5.41, 5.74) is 5.12. The molecule has 146 valence electrons. The zero-order valence-corrected chi connectivity index (χ0v) is 17.8. The lowest BCUT2D eigenvalue weighted by Crippen LogP contribution is -2.07. The van der Waals surface area contributed by atoms with E-state index >= 15 is 0 Å². The van der Waals surface area contributed by atoms with E-state index in [0.717, 1.165) is 45.5 Å². The summed E-state index contributed by atoms with van der Waals surface area (Å²) in [5.74, 6) is 2.05. The zero-order chi connectivity index (χ0) is 20.3. The van der Waals surface area contributed by atoms with Gasteiger partial charge in [-0.05, 0) is 74.7 Å². The van der Waals surface area contributed by atoms with Crippen molar-refractivity contribution in [3.8, 4) is 17.1 Å². The number of thioether (sulfide) groups is 1. The Bertz CT molecular complexity index is 994. The monoisotopic (exact) mass is 395 g/mol. The maximum absolute atomic E-state index is 12.8. The number of hydrogen-bond acceptors (Lipinski definition) is 5. The predicted octanol–water partition coefficient (Wildman–Crippen LogP) is 4.87. The van der Waals surface area contributed by atoms with Gasteiger partial charge in [-0.15, -0.1) is 10.2 Å². The first-order valence-electron chi connectivity index (χ1n) is 9.26. The highest BCUT2D eigenvalue weighted by Crippen LogP contribution is 2.26. The fraction of sp³-hybridized carbons (Fsp3) is 0.318. The standard InChI is InChI=1S/C22H25N3O2S/c1-6-25-21(17-7-9-18(27-5)10-8-17)23-24-22(25)28-13-20(26)19-12-15(3)14(2)11-16(19)4/h7-12H,6,13H2,1-5H3. The molecule has 0 saturated heterocycles. The topological polar surface area (TPSA) is 57.0 Å². The van der Waals surface area contributed by atoms with Crippen LogP contribution in [0.25, 0.3) is 11.4 Å². The van der Waals surface area contributed by atoms with Crippen LogP contribution in [-0.4, -0.2) is 33.4 Å². The van der Waals surface area contributed by atoms with Crippen LogP contribution in [0.2, 0.25) is 0 Å². The van der Waals surface area contributed by atoms with Gasteiger partial charge in [-0.3, -0.25) is 4.79 Å². The Labute approximate surface area is 170 Å². The molecule has 0 spiro atoms. The largest absolute Gasteiger partial charge is 0.497 e. The average molecular weight is 396 g/mol. The van der Waals surface area contributed by atoms with Gasteiger partial charge < -0.3 is 9.30 Å². The molecular weight excluding hydrogens is 370 g/mol. The molecule has 0 aliphatic heterocycles. The Balaban J connectivity index is 1.79. The molecule has 0 bridgehead atoms. The highest BCUT2D eigenvalue weighted by atomic mass is 32.2. The number of rotatable bonds is 7. The van der Waals surface area contributed by atoms with E-state index in [1.54, 1.807) is 7.11 Å². The Hall–Kier alpha value is -2.60. The molecule has 0 amide bonds. The van der Waals surface area contributed by atoms with E-state index in [-0.39, 0.29) is 5.78 Å². The second-order valence-corrected chi connectivity index (χ2v) is 7.68. The number of aromatic nitrogens is 3. The molecular formula is C22H25N3O2S. The average Bonchev–Trinajstić information content (AvgIpc) is 3.11. The Kier molecular flexibility index (Phi) is 6.19. The number of carbonyl (C=O) groups excluding carboxylic acids is 1. The Morgan fingerprint density at radius 1 is 1.04 bits per heavy atom. The molecule has 0 radical (unpaired) electrons.